The molecule has 0 aromatic rings. The van der Waals surface area contributed by atoms with Crippen LogP contribution < -0.4 is 0 Å². The summed E-state index contributed by atoms with van der Waals surface area (Å²) in [7, 11) is 3.43. The van der Waals surface area contributed by atoms with Gasteiger partial charge in [-0.05, 0) is 102 Å². The van der Waals surface area contributed by atoms with E-state index in [-0.39, 0.29) is 0 Å². The van der Waals surface area contributed by atoms with Gasteiger partial charge in [0.2, 0.25) is 0 Å². The van der Waals surface area contributed by atoms with E-state index in [0.29, 0.717) is 21.7 Å². The third kappa shape index (κ3) is 2.64. The van der Waals surface area contributed by atoms with Gasteiger partial charge in [0.1, 0.15) is 0 Å². The molecule has 0 spiro atoms. The monoisotopic (exact) mass is 404 g/mol. The molecule has 28 heavy (non-hydrogen) atoms. The predicted molar refractivity (Wildman–Crippen MR) is 127 cm³/mol. The molecule has 0 aromatic heterocycles. The quantitative estimate of drug-likeness (QED) is 0.415. The topological polar surface area (TPSA) is 0 Å². The largest absolute Gasteiger partial charge is 0.134 e. The van der Waals surface area contributed by atoms with Crippen molar-refractivity contribution in [1.82, 2.24) is 0 Å². The van der Waals surface area contributed by atoms with Gasteiger partial charge >= 0.3 is 0 Å². The number of hydrogen-bond donors (Lipinski definition) is 0. The Balaban J connectivity index is 1.70. The van der Waals surface area contributed by atoms with E-state index in [0.717, 1.165) is 35.2 Å². The first kappa shape index (κ1) is 21.7. The fourth-order valence-electron chi connectivity index (χ4n) is 10.2. The van der Waals surface area contributed by atoms with Gasteiger partial charge in [-0.1, -0.05) is 67.7 Å². The van der Waals surface area contributed by atoms with Crippen LogP contribution in [0, 0.1) is 51.2 Å². The molecule has 11 atom stereocenters. The van der Waals surface area contributed by atoms with E-state index >= 15 is 0 Å². The van der Waals surface area contributed by atoms with Crippen molar-refractivity contribution in [2.45, 2.75) is 118 Å². The molecule has 162 valence electrons. The molecular formula is C27H49P. The molecule has 4 aliphatic rings. The maximum Gasteiger partial charge on any atom is -0.0199 e. The van der Waals surface area contributed by atoms with E-state index in [1.807, 2.05) is 0 Å². The van der Waals surface area contributed by atoms with Crippen molar-refractivity contribution in [2.75, 3.05) is 0 Å². The minimum absolute atomic E-state index is 0.540. The highest BCUT2D eigenvalue weighted by Crippen LogP contribution is 2.77. The highest BCUT2D eigenvalue weighted by Gasteiger charge is 2.69. The second-order valence-corrected chi connectivity index (χ2v) is 13.8. The smallest absolute Gasteiger partial charge is 0.0199 e. The van der Waals surface area contributed by atoms with Crippen LogP contribution in [-0.4, -0.2) is 5.66 Å². The lowest BCUT2D eigenvalue weighted by molar-refractivity contribution is -0.214. The fourth-order valence-corrected chi connectivity index (χ4v) is 11.2. The van der Waals surface area contributed by atoms with Gasteiger partial charge in [0.25, 0.3) is 0 Å². The van der Waals surface area contributed by atoms with Gasteiger partial charge in [0, 0.05) is 0 Å². The average Bonchev–Trinajstić information content (AvgIpc) is 2.96. The van der Waals surface area contributed by atoms with E-state index in [2.05, 4.69) is 57.7 Å². The Hall–Kier alpha value is 0.430. The van der Waals surface area contributed by atoms with Crippen LogP contribution in [0.5, 0.6) is 0 Å². The van der Waals surface area contributed by atoms with Gasteiger partial charge < -0.3 is 0 Å². The maximum atomic E-state index is 3.43. The van der Waals surface area contributed by atoms with Crippen molar-refractivity contribution >= 4 is 9.24 Å². The number of hydrogen-bond acceptors (Lipinski definition) is 0. The Morgan fingerprint density at radius 2 is 1.64 bits per heavy atom. The van der Waals surface area contributed by atoms with E-state index in [9.17, 15) is 0 Å². The molecule has 0 radical (unpaired) electrons. The third-order valence-electron chi connectivity index (χ3n) is 12.1. The Morgan fingerprint density at radius 3 is 2.32 bits per heavy atom. The van der Waals surface area contributed by atoms with E-state index in [1.54, 1.807) is 0 Å². The lowest BCUT2D eigenvalue weighted by Crippen LogP contribution is -2.65. The van der Waals surface area contributed by atoms with Crippen molar-refractivity contribution in [3.8, 4) is 0 Å². The first-order valence-corrected chi connectivity index (χ1v) is 13.5. The Kier molecular flexibility index (Phi) is 5.39. The molecule has 4 saturated carbocycles. The molecule has 0 aliphatic heterocycles. The van der Waals surface area contributed by atoms with Crippen LogP contribution in [0.25, 0.3) is 0 Å². The normalized spacial score (nSPS) is 57.2. The van der Waals surface area contributed by atoms with Crippen LogP contribution in [0.15, 0.2) is 0 Å². The van der Waals surface area contributed by atoms with Crippen molar-refractivity contribution in [1.29, 1.82) is 0 Å². The third-order valence-corrected chi connectivity index (χ3v) is 13.1. The van der Waals surface area contributed by atoms with Gasteiger partial charge in [-0.2, -0.15) is 0 Å². The van der Waals surface area contributed by atoms with Crippen LogP contribution in [0.2, 0.25) is 0 Å². The van der Waals surface area contributed by atoms with Crippen molar-refractivity contribution < 1.29 is 0 Å². The Bertz CT molecular complexity index is 599. The highest BCUT2D eigenvalue weighted by atomic mass is 31.0. The molecule has 0 aromatic carbocycles. The first-order chi connectivity index (χ1) is 13.0. The van der Waals surface area contributed by atoms with E-state index in [4.69, 9.17) is 0 Å². The molecule has 0 saturated heterocycles. The summed E-state index contributed by atoms with van der Waals surface area (Å²) in [4.78, 5) is 0. The summed E-state index contributed by atoms with van der Waals surface area (Å²) in [6, 6.07) is 0. The van der Waals surface area contributed by atoms with Gasteiger partial charge in [-0.25, -0.2) is 0 Å². The molecule has 0 nitrogen and oxygen atoms in total. The second-order valence-electron chi connectivity index (χ2n) is 13.0. The van der Waals surface area contributed by atoms with Crippen LogP contribution in [-0.2, 0) is 0 Å². The molecule has 4 fully saturated rings. The zero-order chi connectivity index (χ0) is 20.5. The van der Waals surface area contributed by atoms with Crippen molar-refractivity contribution in [3.05, 3.63) is 0 Å². The summed E-state index contributed by atoms with van der Waals surface area (Å²) in [5.74, 6) is 4.74. The van der Waals surface area contributed by atoms with E-state index < -0.39 is 0 Å². The van der Waals surface area contributed by atoms with Gasteiger partial charge in [0.15, 0.2) is 0 Å². The molecule has 4 rings (SSSR count). The lowest BCUT2D eigenvalue weighted by Gasteiger charge is -2.72. The maximum absolute atomic E-state index is 3.43. The van der Waals surface area contributed by atoms with Gasteiger partial charge in [0.05, 0.1) is 0 Å². The highest BCUT2D eigenvalue weighted by molar-refractivity contribution is 7.17. The van der Waals surface area contributed by atoms with Gasteiger partial charge in [-0.15, -0.1) is 9.24 Å². The van der Waals surface area contributed by atoms with Crippen LogP contribution >= 0.6 is 9.24 Å². The first-order valence-electron chi connectivity index (χ1n) is 12.8. The summed E-state index contributed by atoms with van der Waals surface area (Å²) in [6.45, 7) is 18.4. The summed E-state index contributed by atoms with van der Waals surface area (Å²) in [6.07, 6.45) is 14.7. The molecule has 1 heteroatoms. The SMILES string of the molecule is CCCC(C)C1CCC2C3CCC4(C)CC(C)CCC4(C)C3(C)CC(P)C12C. The Morgan fingerprint density at radius 1 is 0.929 bits per heavy atom. The second kappa shape index (κ2) is 6.97. The predicted octanol–water partition coefficient (Wildman–Crippen LogP) is 8.35. The lowest BCUT2D eigenvalue weighted by atomic mass is 9.34. The molecule has 4 aliphatic carbocycles. The summed E-state index contributed by atoms with van der Waals surface area (Å²) < 4.78 is 0. The van der Waals surface area contributed by atoms with E-state index in [1.165, 1.54) is 64.2 Å². The molecule has 11 unspecified atom stereocenters. The van der Waals surface area contributed by atoms with Gasteiger partial charge in [-0.3, -0.25) is 0 Å². The van der Waals surface area contributed by atoms with Crippen LogP contribution in [0.1, 0.15) is 113 Å². The van der Waals surface area contributed by atoms with Crippen LogP contribution in [0.4, 0.5) is 0 Å². The van der Waals surface area contributed by atoms with Crippen molar-refractivity contribution in [3.63, 3.8) is 0 Å². The molecule has 0 bridgehead atoms. The summed E-state index contributed by atoms with van der Waals surface area (Å²) in [5.41, 5.74) is 3.03. The molecular weight excluding hydrogens is 355 g/mol. The van der Waals surface area contributed by atoms with Crippen molar-refractivity contribution in [2.24, 2.45) is 51.2 Å². The average molecular weight is 405 g/mol. The Labute approximate surface area is 179 Å². The zero-order valence-corrected chi connectivity index (χ0v) is 21.3. The fraction of sp³-hybridized carbons (Fsp3) is 1.00. The minimum Gasteiger partial charge on any atom is -0.134 e. The molecule has 0 N–H and O–H groups in total. The standard InChI is InChI=1S/C27H49P/c1-8-9-19(3)20-10-11-22-21-13-14-24(4)16-18(2)12-15-26(24,6)25(21,5)17-23(28)27(20,22)7/h18-23H,8-17,28H2,1-7H3. The zero-order valence-electron chi connectivity index (χ0n) is 20.1. The summed E-state index contributed by atoms with van der Waals surface area (Å²) in [5, 5.41) is 0. The van der Waals surface area contributed by atoms with Crippen LogP contribution in [0.3, 0.4) is 0 Å². The minimum atomic E-state index is 0.540. The summed E-state index contributed by atoms with van der Waals surface area (Å²) >= 11 is 0. The molecule has 0 heterocycles. The molecule has 0 amide bonds. The number of rotatable bonds is 3. The number of fused-ring (bicyclic) bond motifs is 5.